The Hall–Kier alpha value is -3.58. The molecule has 0 spiro atoms. The zero-order chi connectivity index (χ0) is 21.4. The van der Waals surface area contributed by atoms with Gasteiger partial charge in [-0.3, -0.25) is 4.79 Å². The minimum Gasteiger partial charge on any atom is -0.438 e. The molecule has 4 aromatic rings. The maximum absolute atomic E-state index is 13.0. The van der Waals surface area contributed by atoms with Crippen molar-refractivity contribution in [1.82, 2.24) is 15.2 Å². The predicted octanol–water partition coefficient (Wildman–Crippen LogP) is 5.42. The summed E-state index contributed by atoms with van der Waals surface area (Å²) in [6.45, 7) is 3.98. The number of nitrogens with zero attached hydrogens (tertiary/aromatic N) is 3. The van der Waals surface area contributed by atoms with Gasteiger partial charge in [-0.15, -0.1) is 10.2 Å². The standard InChI is InChI=1S/C24H20N4O2S/c1-14-7-9-16(10-8-14)19-12-11-18-21(15(2)22(29)27-24-28-25-13-31-24)17-5-3-4-6-20(17)30-23(18)26-19/h3-13,15,21H,1-2H3,(H,27,28,29)/t15?,21-/m1/s1. The molecule has 5 rings (SSSR count). The average molecular weight is 429 g/mol. The molecule has 0 fully saturated rings. The van der Waals surface area contributed by atoms with E-state index in [-0.39, 0.29) is 17.7 Å². The molecule has 7 heteroatoms. The summed E-state index contributed by atoms with van der Waals surface area (Å²) in [5.74, 6) is 0.598. The monoisotopic (exact) mass is 428 g/mol. The summed E-state index contributed by atoms with van der Waals surface area (Å²) < 4.78 is 6.17. The second-order valence-electron chi connectivity index (χ2n) is 7.60. The van der Waals surface area contributed by atoms with Crippen LogP contribution in [0.5, 0.6) is 11.6 Å². The van der Waals surface area contributed by atoms with Crippen LogP contribution < -0.4 is 10.1 Å². The molecule has 1 N–H and O–H groups in total. The van der Waals surface area contributed by atoms with E-state index in [9.17, 15) is 4.79 Å². The number of carbonyl (C=O) groups excluding carboxylic acids is 1. The number of aromatic nitrogens is 3. The summed E-state index contributed by atoms with van der Waals surface area (Å²) in [4.78, 5) is 17.8. The van der Waals surface area contributed by atoms with Gasteiger partial charge in [-0.1, -0.05) is 72.4 Å². The van der Waals surface area contributed by atoms with E-state index in [0.29, 0.717) is 11.0 Å². The van der Waals surface area contributed by atoms with Crippen molar-refractivity contribution < 1.29 is 9.53 Å². The van der Waals surface area contributed by atoms with Crippen molar-refractivity contribution in [2.45, 2.75) is 19.8 Å². The summed E-state index contributed by atoms with van der Waals surface area (Å²) in [5, 5.41) is 11.1. The fraction of sp³-hybridized carbons (Fsp3) is 0.167. The maximum Gasteiger partial charge on any atom is 0.229 e. The largest absolute Gasteiger partial charge is 0.438 e. The van der Waals surface area contributed by atoms with Crippen LogP contribution in [-0.4, -0.2) is 21.1 Å². The lowest BCUT2D eigenvalue weighted by Crippen LogP contribution is -2.28. The van der Waals surface area contributed by atoms with Crippen LogP contribution in [0.2, 0.25) is 0 Å². The Bertz CT molecular complexity index is 1240. The number of ether oxygens (including phenoxy) is 1. The number of para-hydroxylation sites is 1. The molecule has 0 saturated heterocycles. The third-order valence-electron chi connectivity index (χ3n) is 5.54. The number of benzene rings is 2. The summed E-state index contributed by atoms with van der Waals surface area (Å²) in [6, 6.07) is 20.1. The van der Waals surface area contributed by atoms with Gasteiger partial charge in [-0.2, -0.15) is 0 Å². The minimum atomic E-state index is -0.361. The van der Waals surface area contributed by atoms with Crippen molar-refractivity contribution in [2.75, 3.05) is 5.32 Å². The highest BCUT2D eigenvalue weighted by Crippen LogP contribution is 2.47. The van der Waals surface area contributed by atoms with Crippen LogP contribution >= 0.6 is 11.3 Å². The number of amides is 1. The first kappa shape index (κ1) is 19.4. The summed E-state index contributed by atoms with van der Waals surface area (Å²) in [5.41, 5.74) is 6.52. The Labute approximate surface area is 184 Å². The molecule has 2 aromatic heterocycles. The van der Waals surface area contributed by atoms with Crippen LogP contribution in [-0.2, 0) is 4.79 Å². The van der Waals surface area contributed by atoms with E-state index in [1.807, 2.05) is 43.3 Å². The van der Waals surface area contributed by atoms with Gasteiger partial charge in [0.05, 0.1) is 5.69 Å². The van der Waals surface area contributed by atoms with Gasteiger partial charge in [0.15, 0.2) is 0 Å². The fourth-order valence-electron chi connectivity index (χ4n) is 3.89. The van der Waals surface area contributed by atoms with Gasteiger partial charge in [-0.05, 0) is 19.1 Å². The van der Waals surface area contributed by atoms with E-state index >= 15 is 0 Å². The zero-order valence-electron chi connectivity index (χ0n) is 17.1. The van der Waals surface area contributed by atoms with Gasteiger partial charge >= 0.3 is 0 Å². The number of hydrogen-bond acceptors (Lipinski definition) is 6. The average Bonchev–Trinajstić information content (AvgIpc) is 3.30. The number of aryl methyl sites for hydroxylation is 1. The highest BCUT2D eigenvalue weighted by molar-refractivity contribution is 7.13. The third-order valence-corrected chi connectivity index (χ3v) is 6.14. The van der Waals surface area contributed by atoms with Crippen molar-refractivity contribution in [1.29, 1.82) is 0 Å². The highest BCUT2D eigenvalue weighted by Gasteiger charge is 2.35. The van der Waals surface area contributed by atoms with Crippen molar-refractivity contribution in [2.24, 2.45) is 5.92 Å². The number of carbonyl (C=O) groups is 1. The molecule has 31 heavy (non-hydrogen) atoms. The van der Waals surface area contributed by atoms with E-state index < -0.39 is 0 Å². The van der Waals surface area contributed by atoms with E-state index in [4.69, 9.17) is 9.72 Å². The third kappa shape index (κ3) is 3.68. The highest BCUT2D eigenvalue weighted by atomic mass is 32.1. The first-order valence-corrected chi connectivity index (χ1v) is 10.9. The lowest BCUT2D eigenvalue weighted by atomic mass is 9.79. The van der Waals surface area contributed by atoms with Crippen molar-refractivity contribution in [3.05, 3.63) is 82.9 Å². The zero-order valence-corrected chi connectivity index (χ0v) is 17.9. The van der Waals surface area contributed by atoms with Gasteiger partial charge in [0, 0.05) is 28.5 Å². The second-order valence-corrected chi connectivity index (χ2v) is 8.43. The molecule has 2 atom stereocenters. The van der Waals surface area contributed by atoms with E-state index in [0.717, 1.165) is 28.1 Å². The number of rotatable bonds is 4. The molecule has 2 aromatic carbocycles. The summed E-state index contributed by atoms with van der Waals surface area (Å²) >= 11 is 1.30. The first-order valence-electron chi connectivity index (χ1n) is 10.0. The van der Waals surface area contributed by atoms with Gasteiger partial charge < -0.3 is 10.1 Å². The van der Waals surface area contributed by atoms with Crippen LogP contribution in [0.1, 0.15) is 29.5 Å². The smallest absolute Gasteiger partial charge is 0.229 e. The Morgan fingerprint density at radius 3 is 2.65 bits per heavy atom. The number of hydrogen-bond donors (Lipinski definition) is 1. The molecule has 1 amide bonds. The SMILES string of the molecule is Cc1ccc(-c2ccc3c(n2)Oc2ccccc2[C@H]3C(C)C(=O)Nc2nncs2)cc1. The molecule has 0 radical (unpaired) electrons. The van der Waals surface area contributed by atoms with Crippen LogP contribution in [0.4, 0.5) is 5.13 Å². The molecule has 154 valence electrons. The van der Waals surface area contributed by atoms with Crippen LogP contribution in [0, 0.1) is 12.8 Å². The molecule has 6 nitrogen and oxygen atoms in total. The lowest BCUT2D eigenvalue weighted by Gasteiger charge is -2.31. The van der Waals surface area contributed by atoms with Gasteiger partial charge in [-0.25, -0.2) is 4.98 Å². The molecule has 0 aliphatic carbocycles. The number of anilines is 1. The maximum atomic E-state index is 13.0. The molecular weight excluding hydrogens is 408 g/mol. The minimum absolute atomic E-state index is 0.119. The van der Waals surface area contributed by atoms with Crippen molar-refractivity contribution in [3.8, 4) is 22.9 Å². The quantitative estimate of drug-likeness (QED) is 0.470. The summed E-state index contributed by atoms with van der Waals surface area (Å²) in [6.07, 6.45) is 0. The molecule has 1 aliphatic rings. The molecule has 0 bridgehead atoms. The molecule has 1 aliphatic heterocycles. The van der Waals surface area contributed by atoms with Crippen LogP contribution in [0.3, 0.4) is 0 Å². The Morgan fingerprint density at radius 2 is 1.87 bits per heavy atom. The van der Waals surface area contributed by atoms with Gasteiger partial charge in [0.2, 0.25) is 16.9 Å². The second kappa shape index (κ2) is 7.92. The van der Waals surface area contributed by atoms with Crippen molar-refractivity contribution in [3.63, 3.8) is 0 Å². The van der Waals surface area contributed by atoms with Crippen LogP contribution in [0.25, 0.3) is 11.3 Å². The molecular formula is C24H20N4O2S. The van der Waals surface area contributed by atoms with Crippen molar-refractivity contribution >= 4 is 22.4 Å². The number of nitrogens with one attached hydrogen (secondary N) is 1. The Morgan fingerprint density at radius 1 is 1.06 bits per heavy atom. The molecule has 3 heterocycles. The van der Waals surface area contributed by atoms with E-state index in [1.165, 1.54) is 16.9 Å². The normalized spacial score (nSPS) is 15.4. The van der Waals surface area contributed by atoms with E-state index in [1.54, 1.807) is 5.51 Å². The fourth-order valence-corrected chi connectivity index (χ4v) is 4.34. The van der Waals surface area contributed by atoms with E-state index in [2.05, 4.69) is 46.7 Å². The Balaban J connectivity index is 1.54. The molecule has 1 unspecified atom stereocenters. The summed E-state index contributed by atoms with van der Waals surface area (Å²) in [7, 11) is 0. The molecule has 0 saturated carbocycles. The topological polar surface area (TPSA) is 77.0 Å². The van der Waals surface area contributed by atoms with Gasteiger partial charge in [0.1, 0.15) is 11.3 Å². The number of fused-ring (bicyclic) bond motifs is 2. The Kier molecular flexibility index (Phi) is 4.95. The first-order chi connectivity index (χ1) is 15.1. The van der Waals surface area contributed by atoms with Crippen LogP contribution in [0.15, 0.2) is 66.2 Å². The lowest BCUT2D eigenvalue weighted by molar-refractivity contribution is -0.119. The van der Waals surface area contributed by atoms with Gasteiger partial charge in [0.25, 0.3) is 0 Å². The predicted molar refractivity (Wildman–Crippen MR) is 120 cm³/mol. The number of pyridine rings is 1.